The maximum atomic E-state index is 11.0. The highest BCUT2D eigenvalue weighted by Crippen LogP contribution is 2.22. The molecule has 3 aromatic rings. The molecular formula is C20H13N3O4. The third-order valence-electron chi connectivity index (χ3n) is 3.97. The summed E-state index contributed by atoms with van der Waals surface area (Å²) in [5.41, 5.74) is 2.54. The Morgan fingerprint density at radius 2 is 1.70 bits per heavy atom. The molecule has 0 bridgehead atoms. The van der Waals surface area contributed by atoms with E-state index in [9.17, 15) is 20.2 Å². The molecule has 1 heterocycles. The summed E-state index contributed by atoms with van der Waals surface area (Å²) in [4.78, 5) is 21.3. The number of aromatic carboxylic acids is 1. The predicted molar refractivity (Wildman–Crippen MR) is 99.3 cm³/mol. The zero-order valence-electron chi connectivity index (χ0n) is 13.9. The Hall–Kier alpha value is -4.18. The summed E-state index contributed by atoms with van der Waals surface area (Å²) >= 11 is 0. The average molecular weight is 359 g/mol. The van der Waals surface area contributed by atoms with E-state index in [0.29, 0.717) is 16.8 Å². The number of aromatic nitrogens is 1. The van der Waals surface area contributed by atoms with Gasteiger partial charge in [0.15, 0.2) is 0 Å². The molecule has 2 aromatic carbocycles. The van der Waals surface area contributed by atoms with E-state index in [1.165, 1.54) is 24.3 Å². The molecule has 0 aliphatic carbocycles. The molecule has 0 spiro atoms. The Morgan fingerprint density at radius 1 is 1.07 bits per heavy atom. The molecule has 0 amide bonds. The monoisotopic (exact) mass is 359 g/mol. The van der Waals surface area contributed by atoms with Crippen molar-refractivity contribution in [3.63, 3.8) is 0 Å². The smallest absolute Gasteiger partial charge is 0.335 e. The molecule has 7 heteroatoms. The molecule has 0 aliphatic heterocycles. The molecule has 0 saturated heterocycles. The van der Waals surface area contributed by atoms with Gasteiger partial charge in [0, 0.05) is 29.7 Å². The Bertz CT molecular complexity index is 1070. The second kappa shape index (κ2) is 7.37. The number of non-ortho nitro benzene ring substituents is 1. The van der Waals surface area contributed by atoms with Crippen LogP contribution in [0.25, 0.3) is 17.3 Å². The number of hydrogen-bond donors (Lipinski definition) is 1. The van der Waals surface area contributed by atoms with Gasteiger partial charge in [-0.3, -0.25) is 10.1 Å². The maximum Gasteiger partial charge on any atom is 0.335 e. The fraction of sp³-hybridized carbons (Fsp3) is 0. The molecule has 0 radical (unpaired) electrons. The van der Waals surface area contributed by atoms with E-state index >= 15 is 0 Å². The highest BCUT2D eigenvalue weighted by Gasteiger charge is 2.09. The minimum atomic E-state index is -1.03. The molecule has 0 aliphatic rings. The molecule has 27 heavy (non-hydrogen) atoms. The van der Waals surface area contributed by atoms with Crippen LogP contribution in [0.4, 0.5) is 5.69 Å². The molecule has 1 N–H and O–H groups in total. The van der Waals surface area contributed by atoms with Crippen LogP contribution in [0.5, 0.6) is 0 Å². The number of benzene rings is 2. The van der Waals surface area contributed by atoms with Crippen LogP contribution in [0.2, 0.25) is 0 Å². The first-order chi connectivity index (χ1) is 13.0. The van der Waals surface area contributed by atoms with Gasteiger partial charge in [-0.05, 0) is 48.0 Å². The highest BCUT2D eigenvalue weighted by molar-refractivity contribution is 5.92. The molecule has 0 saturated carbocycles. The van der Waals surface area contributed by atoms with Crippen molar-refractivity contribution in [1.82, 2.24) is 4.57 Å². The standard InChI is InChI=1S/C20H13N3O4/c21-13-16(14-3-5-15(6-4-14)20(24)25)12-19-2-1-11-22(19)17-7-9-18(10-8-17)23(26)27/h1-12H,(H,24,25). The number of carbonyl (C=O) groups is 1. The van der Waals surface area contributed by atoms with Crippen LogP contribution in [0.3, 0.4) is 0 Å². The summed E-state index contributed by atoms with van der Waals surface area (Å²) in [5.74, 6) is -1.03. The van der Waals surface area contributed by atoms with Gasteiger partial charge in [0.05, 0.1) is 22.1 Å². The van der Waals surface area contributed by atoms with Crippen molar-refractivity contribution in [2.45, 2.75) is 0 Å². The Balaban J connectivity index is 1.97. The summed E-state index contributed by atoms with van der Waals surface area (Å²) in [7, 11) is 0. The number of nitro groups is 1. The lowest BCUT2D eigenvalue weighted by Crippen LogP contribution is -1.97. The topological polar surface area (TPSA) is 109 Å². The third-order valence-corrected chi connectivity index (χ3v) is 3.97. The van der Waals surface area contributed by atoms with Crippen LogP contribution >= 0.6 is 0 Å². The van der Waals surface area contributed by atoms with E-state index in [2.05, 4.69) is 6.07 Å². The number of carboxylic acids is 1. The lowest BCUT2D eigenvalue weighted by atomic mass is 10.0. The van der Waals surface area contributed by atoms with Crippen molar-refractivity contribution in [3.8, 4) is 11.8 Å². The maximum absolute atomic E-state index is 11.0. The zero-order valence-corrected chi connectivity index (χ0v) is 13.9. The fourth-order valence-corrected chi connectivity index (χ4v) is 2.60. The molecule has 0 atom stereocenters. The first-order valence-electron chi connectivity index (χ1n) is 7.87. The van der Waals surface area contributed by atoms with E-state index in [1.807, 2.05) is 6.07 Å². The third kappa shape index (κ3) is 3.75. The quantitative estimate of drug-likeness (QED) is 0.418. The molecule has 0 unspecified atom stereocenters. The van der Waals surface area contributed by atoms with Crippen LogP contribution in [-0.4, -0.2) is 20.6 Å². The number of carboxylic acid groups (broad SMARTS) is 1. The van der Waals surface area contributed by atoms with Gasteiger partial charge in [0.2, 0.25) is 0 Å². The van der Waals surface area contributed by atoms with E-state index in [1.54, 1.807) is 47.2 Å². The zero-order chi connectivity index (χ0) is 19.4. The van der Waals surface area contributed by atoms with Crippen molar-refractivity contribution in [1.29, 1.82) is 5.26 Å². The minimum Gasteiger partial charge on any atom is -0.478 e. The summed E-state index contributed by atoms with van der Waals surface area (Å²) in [6, 6.07) is 17.9. The van der Waals surface area contributed by atoms with Crippen LogP contribution in [0, 0.1) is 21.4 Å². The van der Waals surface area contributed by atoms with Gasteiger partial charge in [-0.2, -0.15) is 5.26 Å². The minimum absolute atomic E-state index is 0.000711. The summed E-state index contributed by atoms with van der Waals surface area (Å²) < 4.78 is 1.80. The van der Waals surface area contributed by atoms with Gasteiger partial charge in [-0.1, -0.05) is 12.1 Å². The Labute approximate surface area is 154 Å². The summed E-state index contributed by atoms with van der Waals surface area (Å²) in [6.45, 7) is 0. The normalized spacial score (nSPS) is 11.0. The van der Waals surface area contributed by atoms with Crippen molar-refractivity contribution in [2.75, 3.05) is 0 Å². The van der Waals surface area contributed by atoms with Crippen LogP contribution in [0.15, 0.2) is 66.9 Å². The molecule has 7 nitrogen and oxygen atoms in total. The van der Waals surface area contributed by atoms with Gasteiger partial charge in [-0.25, -0.2) is 4.79 Å². The van der Waals surface area contributed by atoms with Crippen LogP contribution < -0.4 is 0 Å². The van der Waals surface area contributed by atoms with Crippen molar-refractivity contribution in [3.05, 3.63) is 93.8 Å². The van der Waals surface area contributed by atoms with Gasteiger partial charge >= 0.3 is 5.97 Å². The summed E-state index contributed by atoms with van der Waals surface area (Å²) in [5, 5.41) is 29.3. The molecule has 1 aromatic heterocycles. The number of hydrogen-bond acceptors (Lipinski definition) is 4. The fourth-order valence-electron chi connectivity index (χ4n) is 2.60. The number of nitro benzene ring substituents is 1. The first kappa shape index (κ1) is 17.6. The Morgan fingerprint density at radius 3 is 2.26 bits per heavy atom. The van der Waals surface area contributed by atoms with Gasteiger partial charge in [0.25, 0.3) is 5.69 Å². The van der Waals surface area contributed by atoms with E-state index in [0.717, 1.165) is 5.69 Å². The molecule has 0 fully saturated rings. The molecule has 3 rings (SSSR count). The van der Waals surface area contributed by atoms with Crippen molar-refractivity contribution in [2.24, 2.45) is 0 Å². The number of nitrogens with zero attached hydrogens (tertiary/aromatic N) is 3. The van der Waals surface area contributed by atoms with E-state index in [-0.39, 0.29) is 11.3 Å². The highest BCUT2D eigenvalue weighted by atomic mass is 16.6. The second-order valence-corrected chi connectivity index (χ2v) is 5.63. The van der Waals surface area contributed by atoms with Gasteiger partial charge < -0.3 is 9.67 Å². The van der Waals surface area contributed by atoms with E-state index < -0.39 is 10.9 Å². The van der Waals surface area contributed by atoms with Crippen molar-refractivity contribution >= 4 is 23.3 Å². The predicted octanol–water partition coefficient (Wildman–Crippen LogP) is 4.15. The second-order valence-electron chi connectivity index (χ2n) is 5.63. The molecular weight excluding hydrogens is 346 g/mol. The van der Waals surface area contributed by atoms with Gasteiger partial charge in [0.1, 0.15) is 0 Å². The largest absolute Gasteiger partial charge is 0.478 e. The van der Waals surface area contributed by atoms with Gasteiger partial charge in [-0.15, -0.1) is 0 Å². The average Bonchev–Trinajstić information content (AvgIpc) is 3.14. The Kier molecular flexibility index (Phi) is 4.82. The summed E-state index contributed by atoms with van der Waals surface area (Å²) in [6.07, 6.45) is 3.46. The lowest BCUT2D eigenvalue weighted by molar-refractivity contribution is -0.384. The number of rotatable bonds is 5. The molecule has 132 valence electrons. The van der Waals surface area contributed by atoms with Crippen molar-refractivity contribution < 1.29 is 14.8 Å². The first-order valence-corrected chi connectivity index (χ1v) is 7.87. The van der Waals surface area contributed by atoms with Crippen LogP contribution in [0.1, 0.15) is 21.6 Å². The number of allylic oxidation sites excluding steroid dienone is 1. The lowest BCUT2D eigenvalue weighted by Gasteiger charge is -2.07. The van der Waals surface area contributed by atoms with Crippen LogP contribution in [-0.2, 0) is 0 Å². The number of nitriles is 1. The van der Waals surface area contributed by atoms with E-state index in [4.69, 9.17) is 5.11 Å². The SMILES string of the molecule is N#CC(=Cc1cccn1-c1ccc([N+](=O)[O-])cc1)c1ccc(C(=O)O)cc1.